The maximum atomic E-state index is 11.5. The van der Waals surface area contributed by atoms with Crippen LogP contribution >= 0.6 is 11.8 Å². The first-order valence-corrected chi connectivity index (χ1v) is 6.02. The van der Waals surface area contributed by atoms with Crippen LogP contribution < -0.4 is 11.2 Å². The third-order valence-electron chi connectivity index (χ3n) is 2.58. The van der Waals surface area contributed by atoms with E-state index in [-0.39, 0.29) is 22.9 Å². The Bertz CT molecular complexity index is 496. The lowest BCUT2D eigenvalue weighted by Gasteiger charge is -2.11. The summed E-state index contributed by atoms with van der Waals surface area (Å²) >= 11 is 1.52. The van der Waals surface area contributed by atoms with Crippen molar-refractivity contribution in [2.75, 3.05) is 6.61 Å². The Morgan fingerprint density at radius 1 is 1.56 bits per heavy atom. The summed E-state index contributed by atoms with van der Waals surface area (Å²) in [5, 5.41) is 13.1. The number of nitrogens with one attached hydrogen (secondary N) is 1. The van der Waals surface area contributed by atoms with Crippen molar-refractivity contribution < 1.29 is 5.11 Å². The molecule has 2 atom stereocenters. The highest BCUT2D eigenvalue weighted by Gasteiger charge is 2.27. The first kappa shape index (κ1) is 11.4. The van der Waals surface area contributed by atoms with Gasteiger partial charge >= 0.3 is 5.69 Å². The highest BCUT2D eigenvalue weighted by Crippen LogP contribution is 2.39. The van der Waals surface area contributed by atoms with E-state index in [2.05, 4.69) is 10.1 Å². The van der Waals surface area contributed by atoms with Crippen molar-refractivity contribution in [1.82, 2.24) is 14.8 Å². The van der Waals surface area contributed by atoms with Crippen LogP contribution in [0.2, 0.25) is 0 Å². The van der Waals surface area contributed by atoms with Gasteiger partial charge in [0.25, 0.3) is 5.56 Å². The molecule has 0 aliphatic carbocycles. The molecular weight excluding hydrogens is 230 g/mol. The van der Waals surface area contributed by atoms with Crippen LogP contribution in [0.4, 0.5) is 0 Å². The van der Waals surface area contributed by atoms with Crippen molar-refractivity contribution >= 4 is 11.8 Å². The molecule has 0 radical (unpaired) electrons. The topological polar surface area (TPSA) is 88.0 Å². The average molecular weight is 243 g/mol. The van der Waals surface area contributed by atoms with E-state index in [0.717, 1.165) is 12.8 Å². The molecule has 2 N–H and O–H groups in total. The van der Waals surface area contributed by atoms with Crippen molar-refractivity contribution in [3.63, 3.8) is 0 Å². The molecule has 0 bridgehead atoms. The van der Waals surface area contributed by atoms with Gasteiger partial charge < -0.3 is 5.11 Å². The average Bonchev–Trinajstić information content (AvgIpc) is 2.71. The Kier molecular flexibility index (Phi) is 3.15. The van der Waals surface area contributed by atoms with Gasteiger partial charge in [0, 0.05) is 5.25 Å². The third-order valence-corrected chi connectivity index (χ3v) is 4.10. The molecule has 1 aromatic rings. The monoisotopic (exact) mass is 243 g/mol. The van der Waals surface area contributed by atoms with E-state index in [1.54, 1.807) is 6.92 Å². The fourth-order valence-electron chi connectivity index (χ4n) is 1.69. The molecule has 7 heteroatoms. The Labute approximate surface area is 95.7 Å². The minimum atomic E-state index is -0.480. The molecule has 88 valence electrons. The van der Waals surface area contributed by atoms with Gasteiger partial charge in [-0.2, -0.15) is 5.10 Å². The Morgan fingerprint density at radius 3 is 2.94 bits per heavy atom. The van der Waals surface area contributed by atoms with Gasteiger partial charge in [-0.25, -0.2) is 9.48 Å². The molecule has 6 nitrogen and oxygen atoms in total. The first-order valence-electron chi connectivity index (χ1n) is 5.08. The molecular formula is C9H13N3O3S. The minimum absolute atomic E-state index is 0.0831. The summed E-state index contributed by atoms with van der Waals surface area (Å²) in [6.45, 7) is 1.68. The predicted molar refractivity (Wildman–Crippen MR) is 60.6 cm³/mol. The molecule has 1 saturated heterocycles. The van der Waals surface area contributed by atoms with Crippen molar-refractivity contribution in [3.05, 3.63) is 26.5 Å². The van der Waals surface area contributed by atoms with Gasteiger partial charge in [-0.1, -0.05) is 0 Å². The van der Waals surface area contributed by atoms with Gasteiger partial charge in [-0.15, -0.1) is 11.8 Å². The summed E-state index contributed by atoms with van der Waals surface area (Å²) < 4.78 is 1.30. The number of aliphatic hydroxyl groups excluding tert-OH is 1. The summed E-state index contributed by atoms with van der Waals surface area (Å²) in [4.78, 5) is 24.9. The van der Waals surface area contributed by atoms with E-state index in [4.69, 9.17) is 5.11 Å². The normalized spacial score (nSPS) is 24.9. The van der Waals surface area contributed by atoms with E-state index in [0.29, 0.717) is 0 Å². The summed E-state index contributed by atoms with van der Waals surface area (Å²) in [6, 6.07) is 0. The second-order valence-electron chi connectivity index (χ2n) is 3.76. The number of aliphatic hydroxyl groups is 1. The van der Waals surface area contributed by atoms with Crippen molar-refractivity contribution in [3.8, 4) is 0 Å². The number of hydrogen-bond acceptors (Lipinski definition) is 5. The molecule has 0 unspecified atom stereocenters. The van der Waals surface area contributed by atoms with E-state index in [1.807, 2.05) is 0 Å². The zero-order valence-corrected chi connectivity index (χ0v) is 9.66. The van der Waals surface area contributed by atoms with Crippen LogP contribution in [-0.2, 0) is 0 Å². The largest absolute Gasteiger partial charge is 0.395 e. The molecule has 1 aromatic heterocycles. The summed E-state index contributed by atoms with van der Waals surface area (Å²) in [5.74, 6) is 0. The maximum absolute atomic E-state index is 11.5. The van der Waals surface area contributed by atoms with Gasteiger partial charge in [-0.3, -0.25) is 9.78 Å². The quantitative estimate of drug-likeness (QED) is 0.739. The number of nitrogens with zero attached hydrogens (tertiary/aromatic N) is 2. The molecule has 0 aromatic carbocycles. The standard InChI is InChI=1S/C9H13N3O3S/c1-5-8(14)10-9(15)12(11-5)7-3-2-6(4-13)16-7/h6-7,13H,2-4H2,1H3,(H,10,14,15)/t6-,7+/m0/s1. The Balaban J connectivity index is 2.32. The van der Waals surface area contributed by atoms with Gasteiger partial charge in [0.05, 0.1) is 6.61 Å². The Morgan fingerprint density at radius 2 is 2.31 bits per heavy atom. The van der Waals surface area contributed by atoms with E-state index < -0.39 is 11.2 Å². The zero-order chi connectivity index (χ0) is 11.7. The molecule has 16 heavy (non-hydrogen) atoms. The van der Waals surface area contributed by atoms with Crippen molar-refractivity contribution in [1.29, 1.82) is 0 Å². The highest BCUT2D eigenvalue weighted by molar-refractivity contribution is 8.00. The number of aromatic amines is 1. The zero-order valence-electron chi connectivity index (χ0n) is 8.84. The van der Waals surface area contributed by atoms with Crippen molar-refractivity contribution in [2.24, 2.45) is 0 Å². The van der Waals surface area contributed by atoms with Gasteiger partial charge in [0.1, 0.15) is 11.1 Å². The van der Waals surface area contributed by atoms with E-state index in [1.165, 1.54) is 16.4 Å². The number of hydrogen-bond donors (Lipinski definition) is 2. The van der Waals surface area contributed by atoms with E-state index >= 15 is 0 Å². The first-order chi connectivity index (χ1) is 7.61. The lowest BCUT2D eigenvalue weighted by Crippen LogP contribution is -2.35. The van der Waals surface area contributed by atoms with Crippen LogP contribution in [0.15, 0.2) is 9.59 Å². The van der Waals surface area contributed by atoms with Crippen LogP contribution in [0.1, 0.15) is 23.9 Å². The number of aromatic nitrogens is 3. The smallest absolute Gasteiger partial charge is 0.345 e. The predicted octanol–water partition coefficient (Wildman–Crippen LogP) is -0.373. The number of thioether (sulfide) groups is 1. The maximum Gasteiger partial charge on any atom is 0.345 e. The summed E-state index contributed by atoms with van der Waals surface area (Å²) in [6.07, 6.45) is 1.65. The molecule has 0 amide bonds. The summed E-state index contributed by atoms with van der Waals surface area (Å²) in [5.41, 5.74) is -0.637. The van der Waals surface area contributed by atoms with Crippen LogP contribution in [0.5, 0.6) is 0 Å². The molecule has 2 heterocycles. The fraction of sp³-hybridized carbons (Fsp3) is 0.667. The van der Waals surface area contributed by atoms with Crippen LogP contribution in [0, 0.1) is 6.92 Å². The lowest BCUT2D eigenvalue weighted by molar-refractivity contribution is 0.292. The molecule has 0 saturated carbocycles. The molecule has 1 fully saturated rings. The van der Waals surface area contributed by atoms with Crippen LogP contribution in [-0.4, -0.2) is 31.7 Å². The van der Waals surface area contributed by atoms with Gasteiger partial charge in [-0.05, 0) is 19.8 Å². The second kappa shape index (κ2) is 4.42. The number of H-pyrrole nitrogens is 1. The van der Waals surface area contributed by atoms with Gasteiger partial charge in [0.15, 0.2) is 0 Å². The van der Waals surface area contributed by atoms with Crippen LogP contribution in [0.25, 0.3) is 0 Å². The minimum Gasteiger partial charge on any atom is -0.395 e. The molecule has 0 spiro atoms. The lowest BCUT2D eigenvalue weighted by atomic mass is 10.2. The SMILES string of the molecule is Cc1nn([C@H]2CC[C@@H](CO)S2)c(=O)[nH]c1=O. The fourth-order valence-corrected chi connectivity index (χ4v) is 3.03. The van der Waals surface area contributed by atoms with Crippen molar-refractivity contribution in [2.45, 2.75) is 30.4 Å². The third kappa shape index (κ3) is 2.05. The number of rotatable bonds is 2. The molecule has 1 aliphatic heterocycles. The molecule has 2 rings (SSSR count). The highest BCUT2D eigenvalue weighted by atomic mass is 32.2. The van der Waals surface area contributed by atoms with E-state index in [9.17, 15) is 9.59 Å². The Hall–Kier alpha value is -1.08. The molecule has 1 aliphatic rings. The number of aryl methyl sites for hydroxylation is 1. The van der Waals surface area contributed by atoms with Gasteiger partial charge in [0.2, 0.25) is 0 Å². The summed E-state index contributed by atoms with van der Waals surface area (Å²) in [7, 11) is 0. The van der Waals surface area contributed by atoms with Crippen LogP contribution in [0.3, 0.4) is 0 Å². The second-order valence-corrected chi connectivity index (χ2v) is 5.24.